The van der Waals surface area contributed by atoms with Crippen LogP contribution in [0.2, 0.25) is 0 Å². The Labute approximate surface area is 173 Å². The second-order valence-corrected chi connectivity index (χ2v) is 8.07. The number of para-hydroxylation sites is 1. The van der Waals surface area contributed by atoms with Crippen LogP contribution in [-0.4, -0.2) is 66.4 Å². The number of anilines is 1. The molecule has 6 nitrogen and oxygen atoms in total. The molecule has 0 bridgehead atoms. The van der Waals surface area contributed by atoms with Gasteiger partial charge < -0.3 is 14.7 Å². The third-order valence-corrected chi connectivity index (χ3v) is 5.59. The molecular weight excluding hydrogens is 364 g/mol. The number of likely N-dealkylation sites (N-methyl/N-ethyl adjacent to an activating group) is 1. The monoisotopic (exact) mass is 394 g/mol. The molecule has 2 heterocycles. The third-order valence-electron chi connectivity index (χ3n) is 5.59. The molecule has 0 saturated carbocycles. The molecule has 1 aromatic carbocycles. The van der Waals surface area contributed by atoms with Crippen LogP contribution in [0.3, 0.4) is 0 Å². The van der Waals surface area contributed by atoms with Crippen molar-refractivity contribution in [2.75, 3.05) is 44.7 Å². The highest BCUT2D eigenvalue weighted by Gasteiger charge is 2.41. The zero-order valence-electron chi connectivity index (χ0n) is 17.5. The van der Waals surface area contributed by atoms with E-state index in [4.69, 9.17) is 0 Å². The van der Waals surface area contributed by atoms with Gasteiger partial charge in [0.1, 0.15) is 5.41 Å². The van der Waals surface area contributed by atoms with E-state index in [-0.39, 0.29) is 11.8 Å². The van der Waals surface area contributed by atoms with Crippen molar-refractivity contribution in [1.29, 1.82) is 0 Å². The van der Waals surface area contributed by atoms with Crippen molar-refractivity contribution in [1.82, 2.24) is 14.8 Å². The van der Waals surface area contributed by atoms with Crippen LogP contribution in [0.5, 0.6) is 0 Å². The first-order valence-corrected chi connectivity index (χ1v) is 10.1. The van der Waals surface area contributed by atoms with Crippen molar-refractivity contribution in [3.8, 4) is 0 Å². The Morgan fingerprint density at radius 2 is 1.62 bits per heavy atom. The van der Waals surface area contributed by atoms with Gasteiger partial charge >= 0.3 is 0 Å². The second-order valence-electron chi connectivity index (χ2n) is 8.07. The van der Waals surface area contributed by atoms with Crippen molar-refractivity contribution < 1.29 is 9.59 Å². The van der Waals surface area contributed by atoms with Gasteiger partial charge in [-0.1, -0.05) is 18.2 Å². The highest BCUT2D eigenvalue weighted by Crippen LogP contribution is 2.24. The van der Waals surface area contributed by atoms with E-state index in [2.05, 4.69) is 22.0 Å². The van der Waals surface area contributed by atoms with E-state index in [1.54, 1.807) is 38.2 Å². The van der Waals surface area contributed by atoms with Gasteiger partial charge in [-0.3, -0.25) is 14.6 Å². The van der Waals surface area contributed by atoms with Crippen LogP contribution in [0.1, 0.15) is 19.4 Å². The maximum Gasteiger partial charge on any atom is 0.237 e. The number of carbonyl (C=O) groups is 2. The number of hydrogen-bond acceptors (Lipinski definition) is 4. The Morgan fingerprint density at radius 3 is 2.24 bits per heavy atom. The molecule has 3 rings (SSSR count). The van der Waals surface area contributed by atoms with Gasteiger partial charge in [0, 0.05) is 57.9 Å². The number of rotatable bonds is 6. The Hall–Kier alpha value is -2.89. The van der Waals surface area contributed by atoms with E-state index in [1.165, 1.54) is 5.69 Å². The van der Waals surface area contributed by atoms with Crippen molar-refractivity contribution >= 4 is 17.5 Å². The van der Waals surface area contributed by atoms with Crippen LogP contribution in [0, 0.1) is 5.41 Å². The molecule has 1 aromatic heterocycles. The molecule has 1 aliphatic rings. The third kappa shape index (κ3) is 4.94. The lowest BCUT2D eigenvalue weighted by atomic mass is 9.89. The summed E-state index contributed by atoms with van der Waals surface area (Å²) in [5.41, 5.74) is 1.23. The van der Waals surface area contributed by atoms with Crippen LogP contribution in [0.4, 0.5) is 5.69 Å². The molecule has 0 atom stereocenters. The van der Waals surface area contributed by atoms with E-state index in [9.17, 15) is 9.59 Å². The minimum atomic E-state index is -1.07. The number of hydrogen-bond donors (Lipinski definition) is 0. The number of pyridine rings is 1. The molecular formula is C23H30N4O2. The Bertz CT molecular complexity index is 815. The molecule has 1 aliphatic heterocycles. The summed E-state index contributed by atoms with van der Waals surface area (Å²) in [4.78, 5) is 35.9. The number of piperazine rings is 1. The summed E-state index contributed by atoms with van der Waals surface area (Å²) in [6, 6.07) is 14.1. The summed E-state index contributed by atoms with van der Waals surface area (Å²) in [7, 11) is 1.77. The average Bonchev–Trinajstić information content (AvgIpc) is 2.77. The van der Waals surface area contributed by atoms with Crippen molar-refractivity contribution in [3.63, 3.8) is 0 Å². The highest BCUT2D eigenvalue weighted by molar-refractivity contribution is 6.04. The van der Waals surface area contributed by atoms with Crippen LogP contribution in [-0.2, 0) is 16.0 Å². The first-order valence-electron chi connectivity index (χ1n) is 10.1. The topological polar surface area (TPSA) is 56.8 Å². The van der Waals surface area contributed by atoms with Gasteiger partial charge in [-0.05, 0) is 50.1 Å². The summed E-state index contributed by atoms with van der Waals surface area (Å²) in [5.74, 6) is -0.229. The Morgan fingerprint density at radius 1 is 1.00 bits per heavy atom. The van der Waals surface area contributed by atoms with Crippen molar-refractivity contribution in [2.45, 2.75) is 20.3 Å². The predicted octanol–water partition coefficient (Wildman–Crippen LogP) is 2.46. The number of amides is 2. The molecule has 0 aliphatic carbocycles. The molecule has 154 valence electrons. The van der Waals surface area contributed by atoms with E-state index < -0.39 is 5.41 Å². The summed E-state index contributed by atoms with van der Waals surface area (Å²) < 4.78 is 0. The number of nitrogens with zero attached hydrogens (tertiary/aromatic N) is 4. The van der Waals surface area contributed by atoms with Crippen LogP contribution in [0.15, 0.2) is 54.9 Å². The van der Waals surface area contributed by atoms with Crippen molar-refractivity contribution in [2.24, 2.45) is 5.41 Å². The minimum absolute atomic E-state index is 0.0917. The quantitative estimate of drug-likeness (QED) is 0.707. The Balaban J connectivity index is 1.55. The summed E-state index contributed by atoms with van der Waals surface area (Å²) >= 11 is 0. The SMILES string of the molecule is CN(CCc1ccncc1)C(=O)C(C)(C)C(=O)N1CCN(c2ccccc2)CC1. The first kappa shape index (κ1) is 20.8. The molecule has 0 unspecified atom stereocenters. The summed E-state index contributed by atoms with van der Waals surface area (Å²) in [5, 5.41) is 0. The molecule has 6 heteroatoms. The highest BCUT2D eigenvalue weighted by atomic mass is 16.2. The zero-order valence-corrected chi connectivity index (χ0v) is 17.5. The average molecular weight is 395 g/mol. The molecule has 29 heavy (non-hydrogen) atoms. The molecule has 0 radical (unpaired) electrons. The molecule has 1 saturated heterocycles. The van der Waals surface area contributed by atoms with Gasteiger partial charge in [-0.15, -0.1) is 0 Å². The fraction of sp³-hybridized carbons (Fsp3) is 0.435. The maximum atomic E-state index is 13.1. The number of carbonyl (C=O) groups excluding carboxylic acids is 2. The predicted molar refractivity (Wildman–Crippen MR) is 115 cm³/mol. The van der Waals surface area contributed by atoms with Gasteiger partial charge in [0.2, 0.25) is 11.8 Å². The van der Waals surface area contributed by atoms with Gasteiger partial charge in [0.25, 0.3) is 0 Å². The molecule has 0 spiro atoms. The smallest absolute Gasteiger partial charge is 0.237 e. The van der Waals surface area contributed by atoms with Crippen molar-refractivity contribution in [3.05, 3.63) is 60.4 Å². The number of aromatic nitrogens is 1. The second kappa shape index (κ2) is 9.07. The normalized spacial score (nSPS) is 14.6. The lowest BCUT2D eigenvalue weighted by Crippen LogP contribution is -2.55. The minimum Gasteiger partial charge on any atom is -0.368 e. The molecule has 2 aromatic rings. The van der Waals surface area contributed by atoms with Crippen LogP contribution in [0.25, 0.3) is 0 Å². The zero-order chi connectivity index (χ0) is 20.9. The fourth-order valence-electron chi connectivity index (χ4n) is 3.72. The van der Waals surface area contributed by atoms with Gasteiger partial charge in [-0.2, -0.15) is 0 Å². The largest absolute Gasteiger partial charge is 0.368 e. The van der Waals surface area contributed by atoms with Crippen LogP contribution >= 0.6 is 0 Å². The van der Waals surface area contributed by atoms with Gasteiger partial charge in [-0.25, -0.2) is 0 Å². The van der Waals surface area contributed by atoms with E-state index in [0.29, 0.717) is 19.6 Å². The lowest BCUT2D eigenvalue weighted by Gasteiger charge is -2.39. The van der Waals surface area contributed by atoms with Gasteiger partial charge in [0.05, 0.1) is 0 Å². The lowest BCUT2D eigenvalue weighted by molar-refractivity contribution is -0.153. The van der Waals surface area contributed by atoms with E-state index >= 15 is 0 Å². The van der Waals surface area contributed by atoms with E-state index in [1.807, 2.05) is 35.2 Å². The molecule has 0 N–H and O–H groups in total. The van der Waals surface area contributed by atoms with Crippen LogP contribution < -0.4 is 4.90 Å². The fourth-order valence-corrected chi connectivity index (χ4v) is 3.72. The summed E-state index contributed by atoms with van der Waals surface area (Å²) in [6.07, 6.45) is 4.24. The maximum absolute atomic E-state index is 13.1. The van der Waals surface area contributed by atoms with Gasteiger partial charge in [0.15, 0.2) is 0 Å². The summed E-state index contributed by atoms with van der Waals surface area (Å²) in [6.45, 7) is 6.86. The standard InChI is InChI=1S/C23H30N4O2/c1-23(2,21(28)25(3)14-11-19-9-12-24-13-10-19)22(29)27-17-15-26(16-18-27)20-7-5-4-6-8-20/h4-10,12-13H,11,14-18H2,1-3H3. The first-order chi connectivity index (χ1) is 13.9. The molecule has 2 amide bonds. The molecule has 1 fully saturated rings. The number of benzene rings is 1. The Kier molecular flexibility index (Phi) is 6.52. The van der Waals surface area contributed by atoms with E-state index in [0.717, 1.165) is 25.1 Å².